The Labute approximate surface area is 136 Å². The summed E-state index contributed by atoms with van der Waals surface area (Å²) >= 11 is 0. The van der Waals surface area contributed by atoms with Crippen LogP contribution in [0.1, 0.15) is 20.7 Å². The molecular formula is C14H8F2N2O7. The van der Waals surface area contributed by atoms with Crippen molar-refractivity contribution in [3.05, 3.63) is 39.7 Å². The van der Waals surface area contributed by atoms with E-state index in [0.717, 1.165) is 18.2 Å². The third-order valence-electron chi connectivity index (χ3n) is 3.36. The van der Waals surface area contributed by atoms with Gasteiger partial charge in [0.15, 0.2) is 11.5 Å². The van der Waals surface area contributed by atoms with Gasteiger partial charge >= 0.3 is 18.2 Å². The molecule has 0 saturated carbocycles. The molecule has 1 aliphatic rings. The lowest BCUT2D eigenvalue weighted by atomic mass is 9.95. The number of carbonyl (C=O) groups is 2. The minimum atomic E-state index is -3.92. The number of aromatic nitrogens is 1. The van der Waals surface area contributed by atoms with Crippen LogP contribution in [0.4, 0.5) is 14.6 Å². The lowest BCUT2D eigenvalue weighted by Gasteiger charge is -2.12. The molecule has 3 rings (SSSR count). The second-order valence-corrected chi connectivity index (χ2v) is 4.93. The Morgan fingerprint density at radius 1 is 1.08 bits per heavy atom. The number of H-pyrrole nitrogens is 1. The Hall–Kier alpha value is -3.63. The van der Waals surface area contributed by atoms with E-state index in [0.29, 0.717) is 0 Å². The first-order chi connectivity index (χ1) is 11.6. The third kappa shape index (κ3) is 2.60. The second kappa shape index (κ2) is 5.19. The first-order valence-electron chi connectivity index (χ1n) is 6.53. The fourth-order valence-electron chi connectivity index (χ4n) is 2.44. The Bertz CT molecular complexity index is 984. The second-order valence-electron chi connectivity index (χ2n) is 4.93. The van der Waals surface area contributed by atoms with Crippen molar-refractivity contribution in [1.82, 2.24) is 4.98 Å². The maximum Gasteiger partial charge on any atom is 0.586 e. The lowest BCUT2D eigenvalue weighted by molar-refractivity contribution is -0.286. The molecule has 130 valence electrons. The normalized spacial score (nSPS) is 14.3. The molecule has 0 bridgehead atoms. The monoisotopic (exact) mass is 354 g/mol. The topological polar surface area (TPSA) is 152 Å². The highest BCUT2D eigenvalue weighted by atomic mass is 19.3. The van der Waals surface area contributed by atoms with E-state index in [1.807, 2.05) is 4.98 Å². The molecule has 1 aliphatic heterocycles. The van der Waals surface area contributed by atoms with Crippen LogP contribution in [0.3, 0.4) is 0 Å². The summed E-state index contributed by atoms with van der Waals surface area (Å²) in [4.78, 5) is 36.7. The Morgan fingerprint density at radius 2 is 1.68 bits per heavy atom. The predicted octanol–water partition coefficient (Wildman–Crippen LogP) is 1.34. The summed E-state index contributed by atoms with van der Waals surface area (Å²) in [6, 6.07) is 3.07. The van der Waals surface area contributed by atoms with Crippen LogP contribution in [0.5, 0.6) is 11.5 Å². The van der Waals surface area contributed by atoms with Gasteiger partial charge < -0.3 is 30.4 Å². The molecule has 1 aromatic carbocycles. The minimum absolute atomic E-state index is 0.173. The van der Waals surface area contributed by atoms with Gasteiger partial charge in [0.2, 0.25) is 0 Å². The highest BCUT2D eigenvalue weighted by molar-refractivity contribution is 6.07. The number of halogens is 2. The predicted molar refractivity (Wildman–Crippen MR) is 77.0 cm³/mol. The number of ether oxygens (including phenoxy) is 2. The molecule has 0 aliphatic carbocycles. The van der Waals surface area contributed by atoms with Crippen LogP contribution < -0.4 is 20.8 Å². The van der Waals surface area contributed by atoms with Crippen LogP contribution in [0.25, 0.3) is 11.1 Å². The fourth-order valence-corrected chi connectivity index (χ4v) is 2.44. The van der Waals surface area contributed by atoms with Crippen molar-refractivity contribution in [2.75, 3.05) is 5.73 Å². The number of nitrogens with one attached hydrogen (secondary N) is 1. The van der Waals surface area contributed by atoms with Crippen molar-refractivity contribution < 1.29 is 38.1 Å². The summed E-state index contributed by atoms with van der Waals surface area (Å²) in [6.45, 7) is 0. The van der Waals surface area contributed by atoms with E-state index in [1.165, 1.54) is 0 Å². The molecule has 1 aromatic heterocycles. The number of rotatable bonds is 3. The van der Waals surface area contributed by atoms with E-state index in [-0.39, 0.29) is 11.3 Å². The van der Waals surface area contributed by atoms with Gasteiger partial charge in [-0.3, -0.25) is 4.79 Å². The molecule has 0 amide bonds. The van der Waals surface area contributed by atoms with Gasteiger partial charge in [-0.1, -0.05) is 6.07 Å². The number of hydrogen-bond donors (Lipinski definition) is 4. The summed E-state index contributed by atoms with van der Waals surface area (Å²) in [5.41, 5.74) is 2.02. The number of nitrogen functional groups attached to an aromatic ring is 1. The van der Waals surface area contributed by atoms with Gasteiger partial charge in [0.25, 0.3) is 5.56 Å². The van der Waals surface area contributed by atoms with Crippen LogP contribution >= 0.6 is 0 Å². The minimum Gasteiger partial charge on any atom is -0.478 e. The van der Waals surface area contributed by atoms with Gasteiger partial charge in [0, 0.05) is 5.56 Å². The zero-order valence-electron chi connectivity index (χ0n) is 12.0. The van der Waals surface area contributed by atoms with Crippen LogP contribution in [-0.2, 0) is 0 Å². The van der Waals surface area contributed by atoms with E-state index < -0.39 is 52.1 Å². The zero-order valence-corrected chi connectivity index (χ0v) is 12.0. The van der Waals surface area contributed by atoms with Crippen LogP contribution in [-0.4, -0.2) is 33.4 Å². The quantitative estimate of drug-likeness (QED) is 0.644. The maximum absolute atomic E-state index is 13.1. The van der Waals surface area contributed by atoms with Crippen molar-refractivity contribution in [3.63, 3.8) is 0 Å². The molecule has 0 radical (unpaired) electrons. The standard InChI is InChI=1S/C14H8F2N2O7/c15-14(16)24-5-2-1-4(3-6(5)25-14)7-8(12(20)21)10(17)18-11(19)9(7)13(22)23/h1-3H,(H,20,21)(H,22,23)(H3,17,18,19). The SMILES string of the molecule is Nc1[nH]c(=O)c(C(=O)O)c(-c2ccc3c(c2)OC(F)(F)O3)c1C(=O)O. The smallest absolute Gasteiger partial charge is 0.478 e. The average molecular weight is 354 g/mol. The molecule has 0 saturated heterocycles. The first kappa shape index (κ1) is 16.2. The zero-order chi connectivity index (χ0) is 18.5. The number of alkyl halides is 2. The highest BCUT2D eigenvalue weighted by Gasteiger charge is 2.43. The van der Waals surface area contributed by atoms with Crippen molar-refractivity contribution in [1.29, 1.82) is 0 Å². The number of benzene rings is 1. The molecule has 0 atom stereocenters. The molecule has 11 heteroatoms. The Balaban J connectivity index is 2.33. The number of carboxylic acid groups (broad SMARTS) is 2. The number of fused-ring (bicyclic) bond motifs is 1. The number of hydrogen-bond acceptors (Lipinski definition) is 6. The van der Waals surface area contributed by atoms with Crippen molar-refractivity contribution in [2.24, 2.45) is 0 Å². The van der Waals surface area contributed by atoms with Gasteiger partial charge in [0.1, 0.15) is 16.9 Å². The van der Waals surface area contributed by atoms with E-state index >= 15 is 0 Å². The molecule has 0 spiro atoms. The summed E-state index contributed by atoms with van der Waals surface area (Å²) in [6.07, 6.45) is -3.92. The van der Waals surface area contributed by atoms with Gasteiger partial charge in [-0.05, 0) is 17.7 Å². The molecule has 5 N–H and O–H groups in total. The number of aromatic amines is 1. The Kier molecular flexibility index (Phi) is 3.37. The lowest BCUT2D eigenvalue weighted by Crippen LogP contribution is -2.26. The summed E-state index contributed by atoms with van der Waals surface area (Å²) in [5.74, 6) is -4.70. The van der Waals surface area contributed by atoms with E-state index in [1.54, 1.807) is 0 Å². The van der Waals surface area contributed by atoms with Gasteiger partial charge in [-0.15, -0.1) is 8.78 Å². The molecule has 25 heavy (non-hydrogen) atoms. The number of nitrogens with two attached hydrogens (primary N) is 1. The van der Waals surface area contributed by atoms with Gasteiger partial charge in [-0.2, -0.15) is 0 Å². The fraction of sp³-hybridized carbons (Fsp3) is 0.0714. The average Bonchev–Trinajstić information content (AvgIpc) is 2.77. The molecule has 2 heterocycles. The molecule has 2 aromatic rings. The largest absolute Gasteiger partial charge is 0.586 e. The number of anilines is 1. The number of carboxylic acids is 2. The number of aromatic carboxylic acids is 2. The van der Waals surface area contributed by atoms with Crippen LogP contribution in [0.15, 0.2) is 23.0 Å². The van der Waals surface area contributed by atoms with E-state index in [2.05, 4.69) is 9.47 Å². The van der Waals surface area contributed by atoms with Crippen molar-refractivity contribution in [2.45, 2.75) is 6.29 Å². The maximum atomic E-state index is 13.1. The first-order valence-corrected chi connectivity index (χ1v) is 6.53. The van der Waals surface area contributed by atoms with Crippen molar-refractivity contribution in [3.8, 4) is 22.6 Å². The van der Waals surface area contributed by atoms with E-state index in [4.69, 9.17) is 5.73 Å². The number of pyridine rings is 1. The summed E-state index contributed by atoms with van der Waals surface area (Å²) < 4.78 is 34.7. The molecule has 0 fully saturated rings. The summed E-state index contributed by atoms with van der Waals surface area (Å²) in [7, 11) is 0. The molecular weight excluding hydrogens is 346 g/mol. The van der Waals surface area contributed by atoms with Gasteiger partial charge in [0.05, 0.1) is 0 Å². The molecule has 0 unspecified atom stereocenters. The molecule has 9 nitrogen and oxygen atoms in total. The third-order valence-corrected chi connectivity index (χ3v) is 3.36. The summed E-state index contributed by atoms with van der Waals surface area (Å²) in [5, 5.41) is 18.6. The van der Waals surface area contributed by atoms with Crippen LogP contribution in [0.2, 0.25) is 0 Å². The van der Waals surface area contributed by atoms with Crippen LogP contribution in [0, 0.1) is 0 Å². The highest BCUT2D eigenvalue weighted by Crippen LogP contribution is 2.43. The van der Waals surface area contributed by atoms with E-state index in [9.17, 15) is 33.4 Å². The van der Waals surface area contributed by atoms with Gasteiger partial charge in [-0.25, -0.2) is 9.59 Å². The Morgan fingerprint density at radius 3 is 2.28 bits per heavy atom. The van der Waals surface area contributed by atoms with Crippen molar-refractivity contribution >= 4 is 17.8 Å².